The number of alkyl halides is 1. The molecule has 1 rings (SSSR count). The summed E-state index contributed by atoms with van der Waals surface area (Å²) < 4.78 is 13.7. The monoisotopic (exact) mass is 181 g/mol. The van der Waals surface area contributed by atoms with Crippen molar-refractivity contribution in [2.75, 3.05) is 5.73 Å². The molecule has 0 saturated heterocycles. The molecule has 0 aromatic heterocycles. The smallest absolute Gasteiger partial charge is 0.130 e. The molecule has 2 heteroatoms. The zero-order chi connectivity index (χ0) is 10.1. The predicted molar refractivity (Wildman–Crippen MR) is 54.2 cm³/mol. The van der Waals surface area contributed by atoms with Crippen LogP contribution in [0, 0.1) is 5.41 Å². The molecule has 0 fully saturated rings. The number of hydrogen-bond donors (Lipinski definition) is 1. The Morgan fingerprint density at radius 2 is 1.62 bits per heavy atom. The van der Waals surface area contributed by atoms with Crippen LogP contribution < -0.4 is 5.73 Å². The largest absolute Gasteiger partial charge is 0.399 e. The first-order chi connectivity index (χ1) is 5.91. The lowest BCUT2D eigenvalue weighted by Crippen LogP contribution is -2.13. The van der Waals surface area contributed by atoms with Crippen molar-refractivity contribution in [2.45, 2.75) is 26.9 Å². The minimum Gasteiger partial charge on any atom is -0.399 e. The number of hydrogen-bond acceptors (Lipinski definition) is 1. The summed E-state index contributed by atoms with van der Waals surface area (Å²) in [5.74, 6) is 0. The molecule has 1 aromatic rings. The van der Waals surface area contributed by atoms with Crippen LogP contribution in [0.2, 0.25) is 0 Å². The van der Waals surface area contributed by atoms with E-state index in [1.165, 1.54) is 0 Å². The summed E-state index contributed by atoms with van der Waals surface area (Å²) in [4.78, 5) is 0. The van der Waals surface area contributed by atoms with Gasteiger partial charge in [-0.2, -0.15) is 0 Å². The van der Waals surface area contributed by atoms with Crippen molar-refractivity contribution in [3.63, 3.8) is 0 Å². The number of anilines is 1. The maximum atomic E-state index is 13.7. The molecule has 1 aromatic carbocycles. The lowest BCUT2D eigenvalue weighted by atomic mass is 9.86. The van der Waals surface area contributed by atoms with Gasteiger partial charge in [0.15, 0.2) is 0 Å². The van der Waals surface area contributed by atoms with Gasteiger partial charge < -0.3 is 5.73 Å². The number of halogens is 1. The topological polar surface area (TPSA) is 26.0 Å². The highest BCUT2D eigenvalue weighted by atomic mass is 19.1. The Kier molecular flexibility index (Phi) is 2.60. The fraction of sp³-hybridized carbons (Fsp3) is 0.455. The quantitative estimate of drug-likeness (QED) is 0.661. The Balaban J connectivity index is 2.90. The van der Waals surface area contributed by atoms with Gasteiger partial charge in [0.25, 0.3) is 0 Å². The molecule has 0 radical (unpaired) electrons. The van der Waals surface area contributed by atoms with Crippen LogP contribution in [0.5, 0.6) is 0 Å². The van der Waals surface area contributed by atoms with Crippen LogP contribution in [-0.4, -0.2) is 0 Å². The molecule has 1 atom stereocenters. The maximum absolute atomic E-state index is 13.7. The summed E-state index contributed by atoms with van der Waals surface area (Å²) in [6.07, 6.45) is -0.937. The number of rotatable bonds is 1. The molecule has 0 spiro atoms. The summed E-state index contributed by atoms with van der Waals surface area (Å²) >= 11 is 0. The van der Waals surface area contributed by atoms with Crippen LogP contribution >= 0.6 is 0 Å². The Bertz CT molecular complexity index is 271. The van der Waals surface area contributed by atoms with Crippen molar-refractivity contribution in [3.05, 3.63) is 29.8 Å². The molecule has 0 aliphatic carbocycles. The van der Waals surface area contributed by atoms with Crippen molar-refractivity contribution in [1.29, 1.82) is 0 Å². The van der Waals surface area contributed by atoms with E-state index in [1.54, 1.807) is 24.3 Å². The van der Waals surface area contributed by atoms with Crippen molar-refractivity contribution in [1.82, 2.24) is 0 Å². The molecule has 2 N–H and O–H groups in total. The van der Waals surface area contributed by atoms with E-state index in [4.69, 9.17) is 5.73 Å². The summed E-state index contributed by atoms with van der Waals surface area (Å²) in [5.41, 5.74) is 6.53. The molecule has 72 valence electrons. The first-order valence-electron chi connectivity index (χ1n) is 4.41. The Morgan fingerprint density at radius 1 is 1.15 bits per heavy atom. The molecular formula is C11H16FN. The number of nitrogen functional groups attached to an aromatic ring is 1. The van der Waals surface area contributed by atoms with Crippen LogP contribution in [0.25, 0.3) is 0 Å². The van der Waals surface area contributed by atoms with E-state index in [-0.39, 0.29) is 5.41 Å². The second kappa shape index (κ2) is 3.36. The first-order valence-corrected chi connectivity index (χ1v) is 4.41. The Hall–Kier alpha value is -1.05. The van der Waals surface area contributed by atoms with Gasteiger partial charge >= 0.3 is 0 Å². The summed E-state index contributed by atoms with van der Waals surface area (Å²) in [6, 6.07) is 6.94. The molecule has 1 unspecified atom stereocenters. The highest BCUT2D eigenvalue weighted by molar-refractivity contribution is 5.40. The number of benzene rings is 1. The van der Waals surface area contributed by atoms with Gasteiger partial charge in [-0.05, 0) is 23.1 Å². The molecule has 0 amide bonds. The van der Waals surface area contributed by atoms with E-state index in [9.17, 15) is 4.39 Å². The Labute approximate surface area is 78.8 Å². The van der Waals surface area contributed by atoms with E-state index >= 15 is 0 Å². The van der Waals surface area contributed by atoms with Gasteiger partial charge in [0, 0.05) is 5.69 Å². The third-order valence-electron chi connectivity index (χ3n) is 1.99. The fourth-order valence-corrected chi connectivity index (χ4v) is 1.16. The minimum atomic E-state index is -0.937. The van der Waals surface area contributed by atoms with Crippen LogP contribution in [0.1, 0.15) is 32.5 Å². The molecule has 0 heterocycles. The molecular weight excluding hydrogens is 165 g/mol. The van der Waals surface area contributed by atoms with E-state index < -0.39 is 6.17 Å². The average Bonchev–Trinajstić information content (AvgIpc) is 2.03. The van der Waals surface area contributed by atoms with Gasteiger partial charge in [-0.15, -0.1) is 0 Å². The molecule has 0 bridgehead atoms. The molecule has 0 aliphatic rings. The lowest BCUT2D eigenvalue weighted by molar-refractivity contribution is 0.165. The Morgan fingerprint density at radius 3 is 2.00 bits per heavy atom. The van der Waals surface area contributed by atoms with Crippen LogP contribution in [0.15, 0.2) is 24.3 Å². The highest BCUT2D eigenvalue weighted by Crippen LogP contribution is 2.36. The van der Waals surface area contributed by atoms with Crippen molar-refractivity contribution < 1.29 is 4.39 Å². The summed E-state index contributed by atoms with van der Waals surface area (Å²) in [6.45, 7) is 5.65. The molecule has 1 nitrogen and oxygen atoms in total. The van der Waals surface area contributed by atoms with E-state index in [1.807, 2.05) is 20.8 Å². The maximum Gasteiger partial charge on any atom is 0.130 e. The summed E-state index contributed by atoms with van der Waals surface area (Å²) in [5, 5.41) is 0. The second-order valence-electron chi connectivity index (χ2n) is 4.40. The van der Waals surface area contributed by atoms with E-state index in [0.29, 0.717) is 11.3 Å². The van der Waals surface area contributed by atoms with Gasteiger partial charge in [-0.25, -0.2) is 4.39 Å². The van der Waals surface area contributed by atoms with Gasteiger partial charge in [0.05, 0.1) is 0 Å². The average molecular weight is 181 g/mol. The highest BCUT2D eigenvalue weighted by Gasteiger charge is 2.25. The number of nitrogens with two attached hydrogens (primary N) is 1. The minimum absolute atomic E-state index is 0.351. The van der Waals surface area contributed by atoms with Crippen molar-refractivity contribution >= 4 is 5.69 Å². The normalized spacial score (nSPS) is 14.2. The van der Waals surface area contributed by atoms with Gasteiger partial charge in [-0.1, -0.05) is 32.9 Å². The first kappa shape index (κ1) is 10.0. The van der Waals surface area contributed by atoms with Crippen LogP contribution in [0.4, 0.5) is 10.1 Å². The van der Waals surface area contributed by atoms with E-state index in [2.05, 4.69) is 0 Å². The zero-order valence-corrected chi connectivity index (χ0v) is 8.34. The third kappa shape index (κ3) is 2.44. The van der Waals surface area contributed by atoms with Crippen LogP contribution in [-0.2, 0) is 0 Å². The molecule has 0 aliphatic heterocycles. The van der Waals surface area contributed by atoms with E-state index in [0.717, 1.165) is 0 Å². The lowest BCUT2D eigenvalue weighted by Gasteiger charge is -2.23. The zero-order valence-electron chi connectivity index (χ0n) is 8.34. The van der Waals surface area contributed by atoms with Gasteiger partial charge in [-0.3, -0.25) is 0 Å². The van der Waals surface area contributed by atoms with Gasteiger partial charge in [0.1, 0.15) is 6.17 Å². The standard InChI is InChI=1S/C11H16FN/c1-11(2,3)10(12)8-4-6-9(13)7-5-8/h4-7,10H,13H2,1-3H3. The molecule has 0 saturated carbocycles. The second-order valence-corrected chi connectivity index (χ2v) is 4.40. The fourth-order valence-electron chi connectivity index (χ4n) is 1.16. The van der Waals surface area contributed by atoms with Crippen LogP contribution in [0.3, 0.4) is 0 Å². The van der Waals surface area contributed by atoms with Crippen molar-refractivity contribution in [2.24, 2.45) is 5.41 Å². The molecule has 13 heavy (non-hydrogen) atoms. The third-order valence-corrected chi connectivity index (χ3v) is 1.99. The SMILES string of the molecule is CC(C)(C)C(F)c1ccc(N)cc1. The summed E-state index contributed by atoms with van der Waals surface area (Å²) in [7, 11) is 0. The predicted octanol–water partition coefficient (Wildman–Crippen LogP) is 3.33. The van der Waals surface area contributed by atoms with Crippen molar-refractivity contribution in [3.8, 4) is 0 Å². The van der Waals surface area contributed by atoms with Gasteiger partial charge in [0.2, 0.25) is 0 Å².